The zero-order chi connectivity index (χ0) is 29.3. The molecule has 4 heterocycles. The number of pyridine rings is 1. The minimum absolute atomic E-state index is 0.0948. The average molecular weight is 582 g/mol. The summed E-state index contributed by atoms with van der Waals surface area (Å²) in [5, 5.41) is 23.5. The Bertz CT molecular complexity index is 1630. The first-order chi connectivity index (χ1) is 19.7. The second kappa shape index (κ2) is 11.4. The molecule has 3 aromatic heterocycles. The zero-order valence-electron chi connectivity index (χ0n) is 22.2. The minimum atomic E-state index is -0.921. The van der Waals surface area contributed by atoms with Gasteiger partial charge in [0.25, 0.3) is 5.91 Å². The van der Waals surface area contributed by atoms with Gasteiger partial charge in [0.15, 0.2) is 5.82 Å². The third-order valence-electron chi connectivity index (χ3n) is 6.52. The number of amides is 2. The number of rotatable bonds is 9. The number of hydrogen-bond donors (Lipinski definition) is 3. The van der Waals surface area contributed by atoms with Crippen LogP contribution in [-0.2, 0) is 18.4 Å². The molecule has 2 amide bonds. The molecule has 212 valence electrons. The molecular weight excluding hydrogens is 557 g/mol. The van der Waals surface area contributed by atoms with E-state index in [4.69, 9.17) is 16.3 Å². The summed E-state index contributed by atoms with van der Waals surface area (Å²) >= 11 is 6.37. The number of benzene rings is 1. The molecule has 2 atom stereocenters. The van der Waals surface area contributed by atoms with E-state index in [0.717, 1.165) is 0 Å². The Kier molecular flexibility index (Phi) is 7.77. The Morgan fingerprint density at radius 2 is 2.05 bits per heavy atom. The third-order valence-corrected chi connectivity index (χ3v) is 6.80. The van der Waals surface area contributed by atoms with Crippen molar-refractivity contribution in [3.05, 3.63) is 70.5 Å². The molecular formula is C26H25ClFN9O4. The number of aliphatic hydroxyl groups is 1. The molecule has 0 saturated carbocycles. The van der Waals surface area contributed by atoms with Gasteiger partial charge >= 0.3 is 0 Å². The van der Waals surface area contributed by atoms with Crippen molar-refractivity contribution in [3.63, 3.8) is 0 Å². The molecule has 0 radical (unpaired) electrons. The number of aryl methyl sites for hydroxylation is 1. The first-order valence-electron chi connectivity index (χ1n) is 12.4. The van der Waals surface area contributed by atoms with E-state index in [9.17, 15) is 19.1 Å². The average Bonchev–Trinajstić information content (AvgIpc) is 3.53. The number of hydrogen-bond acceptors (Lipinski definition) is 10. The number of nitrogens with zero attached hydrogens (tertiary/aromatic N) is 7. The van der Waals surface area contributed by atoms with E-state index in [0.29, 0.717) is 33.9 Å². The van der Waals surface area contributed by atoms with E-state index in [2.05, 4.69) is 35.9 Å². The van der Waals surface area contributed by atoms with Gasteiger partial charge in [0.2, 0.25) is 11.9 Å². The van der Waals surface area contributed by atoms with Crippen molar-refractivity contribution in [2.24, 2.45) is 7.05 Å². The van der Waals surface area contributed by atoms with E-state index in [1.165, 1.54) is 41.1 Å². The number of nitrogens with one attached hydrogen (secondary N) is 2. The molecule has 0 fully saturated rings. The van der Waals surface area contributed by atoms with Crippen molar-refractivity contribution in [2.75, 3.05) is 19.0 Å². The molecule has 0 aliphatic carbocycles. The highest BCUT2D eigenvalue weighted by atomic mass is 35.5. The standard InChI is InChI=1S/C26H25ClFN9O4/c1-13(24(39)31-21(12-38)14-4-16(28)7-17(5-14)41-3)37-10-20-18(25(37)40)6-15(8-29-20)23-19(27)9-30-26(33-23)32-22-11-36(2)35-34-22/h4-9,11,13,21,38H,10,12H2,1-3H3,(H,31,39)(H,30,32,33). The van der Waals surface area contributed by atoms with Gasteiger partial charge in [-0.15, -0.1) is 5.10 Å². The van der Waals surface area contributed by atoms with Crippen molar-refractivity contribution in [3.8, 4) is 17.0 Å². The van der Waals surface area contributed by atoms with Crippen LogP contribution in [0.1, 0.15) is 34.6 Å². The normalized spacial score (nSPS) is 14.0. The molecule has 2 unspecified atom stereocenters. The van der Waals surface area contributed by atoms with Crippen LogP contribution in [0, 0.1) is 5.82 Å². The van der Waals surface area contributed by atoms with Crippen molar-refractivity contribution < 1.29 is 23.8 Å². The summed E-state index contributed by atoms with van der Waals surface area (Å²) < 4.78 is 20.6. The van der Waals surface area contributed by atoms with Crippen molar-refractivity contribution >= 4 is 35.2 Å². The van der Waals surface area contributed by atoms with E-state index >= 15 is 0 Å². The van der Waals surface area contributed by atoms with Gasteiger partial charge in [-0.25, -0.2) is 14.4 Å². The van der Waals surface area contributed by atoms with Crippen LogP contribution < -0.4 is 15.4 Å². The summed E-state index contributed by atoms with van der Waals surface area (Å²) in [6.07, 6.45) is 4.61. The third kappa shape index (κ3) is 5.78. The SMILES string of the molecule is COc1cc(F)cc(C(CO)NC(=O)C(C)N2Cc3ncc(-c4nc(Nc5cn(C)nn5)ncc4Cl)cc3C2=O)c1. The second-order valence-electron chi connectivity index (χ2n) is 9.29. The monoisotopic (exact) mass is 581 g/mol. The summed E-state index contributed by atoms with van der Waals surface area (Å²) in [4.78, 5) is 40.9. The Morgan fingerprint density at radius 1 is 1.24 bits per heavy atom. The number of carbonyl (C=O) groups excluding carboxylic acids is 2. The maximum atomic E-state index is 14.0. The van der Waals surface area contributed by atoms with Gasteiger partial charge in [0.05, 0.1) is 60.7 Å². The van der Waals surface area contributed by atoms with Gasteiger partial charge in [0, 0.05) is 24.9 Å². The Morgan fingerprint density at radius 3 is 2.76 bits per heavy atom. The summed E-state index contributed by atoms with van der Waals surface area (Å²) in [6.45, 7) is 1.17. The summed E-state index contributed by atoms with van der Waals surface area (Å²) in [5.41, 5.74) is 1.92. The van der Waals surface area contributed by atoms with Gasteiger partial charge in [-0.1, -0.05) is 16.8 Å². The van der Waals surface area contributed by atoms with Crippen molar-refractivity contribution in [2.45, 2.75) is 25.6 Å². The number of halogens is 2. The fourth-order valence-electron chi connectivity index (χ4n) is 4.36. The van der Waals surface area contributed by atoms with Gasteiger partial charge in [-0.2, -0.15) is 0 Å². The van der Waals surface area contributed by atoms with Gasteiger partial charge in [-0.05, 0) is 30.7 Å². The molecule has 1 aliphatic rings. The molecule has 0 spiro atoms. The van der Waals surface area contributed by atoms with Crippen molar-refractivity contribution in [1.29, 1.82) is 0 Å². The Hall–Kier alpha value is -4.69. The molecule has 4 aromatic rings. The molecule has 1 aliphatic heterocycles. The quantitative estimate of drug-likeness (QED) is 0.268. The van der Waals surface area contributed by atoms with Crippen LogP contribution >= 0.6 is 11.6 Å². The molecule has 13 nitrogen and oxygen atoms in total. The number of ether oxygens (including phenoxy) is 1. The fourth-order valence-corrected chi connectivity index (χ4v) is 4.56. The molecule has 0 saturated heterocycles. The summed E-state index contributed by atoms with van der Waals surface area (Å²) in [6, 6.07) is 3.69. The lowest BCUT2D eigenvalue weighted by Crippen LogP contribution is -2.46. The highest BCUT2D eigenvalue weighted by Gasteiger charge is 2.36. The number of fused-ring (bicyclic) bond motifs is 1. The smallest absolute Gasteiger partial charge is 0.256 e. The molecule has 1 aromatic carbocycles. The largest absolute Gasteiger partial charge is 0.497 e. The predicted molar refractivity (Wildman–Crippen MR) is 145 cm³/mol. The van der Waals surface area contributed by atoms with E-state index in [1.54, 1.807) is 32.4 Å². The maximum absolute atomic E-state index is 14.0. The first kappa shape index (κ1) is 27.9. The van der Waals surface area contributed by atoms with E-state index < -0.39 is 36.3 Å². The van der Waals surface area contributed by atoms with Gasteiger partial charge in [0.1, 0.15) is 17.6 Å². The molecule has 0 bridgehead atoms. The van der Waals surface area contributed by atoms with E-state index in [1.807, 2.05) is 0 Å². The topological polar surface area (TPSA) is 160 Å². The zero-order valence-corrected chi connectivity index (χ0v) is 22.9. The summed E-state index contributed by atoms with van der Waals surface area (Å²) in [7, 11) is 3.11. The lowest BCUT2D eigenvalue weighted by molar-refractivity contribution is -0.126. The van der Waals surface area contributed by atoms with Gasteiger partial charge in [-0.3, -0.25) is 19.3 Å². The molecule has 41 heavy (non-hydrogen) atoms. The van der Waals surface area contributed by atoms with Crippen LogP contribution in [0.3, 0.4) is 0 Å². The van der Waals surface area contributed by atoms with Crippen LogP contribution in [0.4, 0.5) is 16.2 Å². The summed E-state index contributed by atoms with van der Waals surface area (Å²) in [5.74, 6) is -0.620. The Balaban J connectivity index is 1.33. The highest BCUT2D eigenvalue weighted by Crippen LogP contribution is 2.31. The highest BCUT2D eigenvalue weighted by molar-refractivity contribution is 6.33. The predicted octanol–water partition coefficient (Wildman–Crippen LogP) is 2.41. The molecule has 15 heteroatoms. The number of aromatic nitrogens is 6. The first-order valence-corrected chi connectivity index (χ1v) is 12.8. The maximum Gasteiger partial charge on any atom is 0.256 e. The van der Waals surface area contributed by atoms with Crippen LogP contribution in [-0.4, -0.2) is 71.5 Å². The fraction of sp³-hybridized carbons (Fsp3) is 0.269. The van der Waals surface area contributed by atoms with Crippen molar-refractivity contribution in [1.82, 2.24) is 40.2 Å². The van der Waals surface area contributed by atoms with Crippen LogP contribution in [0.15, 0.2) is 42.9 Å². The lowest BCUT2D eigenvalue weighted by Gasteiger charge is -2.26. The number of anilines is 2. The Labute approximate surface area is 238 Å². The second-order valence-corrected chi connectivity index (χ2v) is 9.70. The van der Waals surface area contributed by atoms with Gasteiger partial charge < -0.3 is 25.4 Å². The molecule has 5 rings (SSSR count). The van der Waals surface area contributed by atoms with Crippen LogP contribution in [0.2, 0.25) is 5.02 Å². The lowest BCUT2D eigenvalue weighted by atomic mass is 10.1. The molecule has 3 N–H and O–H groups in total. The van der Waals surface area contributed by atoms with Crippen LogP contribution in [0.25, 0.3) is 11.3 Å². The van der Waals surface area contributed by atoms with Crippen LogP contribution in [0.5, 0.6) is 5.75 Å². The number of methoxy groups -OCH3 is 1. The number of aliphatic hydroxyl groups excluding tert-OH is 1. The number of carbonyl (C=O) groups is 2. The van der Waals surface area contributed by atoms with E-state index in [-0.39, 0.29) is 23.3 Å². The minimum Gasteiger partial charge on any atom is -0.497 e.